The average Bonchev–Trinajstić information content (AvgIpc) is 3.08. The standard InChI is InChI=1S/C17H19NO4/c1-20-15-5-13-11(3-14(15)19)12-7-18(13)6-9-2-16-17(4-10(9)12)22-8-21-16/h2-4,12-15,19H,5-8H2,1H3/t12-,13-,14-,15+/m0/s1. The van der Waals surface area contributed by atoms with E-state index in [2.05, 4.69) is 17.0 Å². The first-order valence-corrected chi connectivity index (χ1v) is 7.83. The summed E-state index contributed by atoms with van der Waals surface area (Å²) in [5, 5.41) is 10.3. The Bertz CT molecular complexity index is 671. The fraction of sp³-hybridized carbons (Fsp3) is 0.529. The second kappa shape index (κ2) is 4.47. The van der Waals surface area contributed by atoms with Crippen molar-refractivity contribution < 1.29 is 19.3 Å². The minimum Gasteiger partial charge on any atom is -0.454 e. The Hall–Kier alpha value is -1.56. The largest absolute Gasteiger partial charge is 0.454 e. The van der Waals surface area contributed by atoms with Gasteiger partial charge in [-0.3, -0.25) is 4.90 Å². The number of benzene rings is 1. The molecule has 1 unspecified atom stereocenters. The van der Waals surface area contributed by atoms with Gasteiger partial charge in [0.2, 0.25) is 6.79 Å². The number of fused-ring (bicyclic) bond motifs is 8. The summed E-state index contributed by atoms with van der Waals surface area (Å²) in [7, 11) is 1.68. The van der Waals surface area contributed by atoms with Crippen LogP contribution in [-0.4, -0.2) is 48.7 Å². The van der Waals surface area contributed by atoms with E-state index in [9.17, 15) is 5.11 Å². The highest BCUT2D eigenvalue weighted by Gasteiger charge is 2.46. The number of ether oxygens (including phenoxy) is 3. The number of hydrogen-bond donors (Lipinski definition) is 1. The first kappa shape index (κ1) is 12.9. The molecular weight excluding hydrogens is 282 g/mol. The van der Waals surface area contributed by atoms with E-state index in [4.69, 9.17) is 14.2 Å². The van der Waals surface area contributed by atoms with Gasteiger partial charge in [-0.05, 0) is 35.3 Å². The van der Waals surface area contributed by atoms with Crippen molar-refractivity contribution in [2.75, 3.05) is 20.4 Å². The van der Waals surface area contributed by atoms with E-state index in [1.807, 2.05) is 6.08 Å². The summed E-state index contributed by atoms with van der Waals surface area (Å²) >= 11 is 0. The quantitative estimate of drug-likeness (QED) is 0.795. The third-order valence-corrected chi connectivity index (χ3v) is 5.53. The normalized spacial score (nSPS) is 37.5. The van der Waals surface area contributed by atoms with Crippen LogP contribution >= 0.6 is 0 Å². The van der Waals surface area contributed by atoms with Gasteiger partial charge in [0.25, 0.3) is 0 Å². The molecule has 22 heavy (non-hydrogen) atoms. The zero-order chi connectivity index (χ0) is 14.8. The maximum absolute atomic E-state index is 10.3. The molecule has 1 aromatic carbocycles. The number of aliphatic hydroxyl groups excluding tert-OH is 1. The predicted molar refractivity (Wildman–Crippen MR) is 79.0 cm³/mol. The first-order valence-electron chi connectivity index (χ1n) is 7.83. The Kier molecular flexibility index (Phi) is 2.63. The summed E-state index contributed by atoms with van der Waals surface area (Å²) in [5.41, 5.74) is 4.00. The van der Waals surface area contributed by atoms with Crippen LogP contribution in [0.1, 0.15) is 23.5 Å². The van der Waals surface area contributed by atoms with E-state index in [0.29, 0.717) is 18.8 Å². The van der Waals surface area contributed by atoms with Crippen molar-refractivity contribution in [1.29, 1.82) is 0 Å². The van der Waals surface area contributed by atoms with Crippen molar-refractivity contribution in [2.24, 2.45) is 0 Å². The van der Waals surface area contributed by atoms with Crippen molar-refractivity contribution >= 4 is 0 Å². The molecule has 1 saturated heterocycles. The van der Waals surface area contributed by atoms with Gasteiger partial charge in [0.15, 0.2) is 11.5 Å². The van der Waals surface area contributed by atoms with Crippen molar-refractivity contribution in [1.82, 2.24) is 4.90 Å². The SMILES string of the molecule is CO[C@@H]1C[C@H]2C(=C[C@@H]1O)[C@H]1CN2Cc2cc3c(cc21)OCO3. The molecule has 1 fully saturated rings. The highest BCUT2D eigenvalue weighted by Crippen LogP contribution is 2.49. The van der Waals surface area contributed by atoms with Crippen LogP contribution in [0.4, 0.5) is 0 Å². The van der Waals surface area contributed by atoms with E-state index >= 15 is 0 Å². The molecule has 5 nitrogen and oxygen atoms in total. The van der Waals surface area contributed by atoms with Crippen LogP contribution in [0.3, 0.4) is 0 Å². The number of methoxy groups -OCH3 is 1. The highest BCUT2D eigenvalue weighted by atomic mass is 16.7. The third-order valence-electron chi connectivity index (χ3n) is 5.53. The monoisotopic (exact) mass is 301 g/mol. The molecule has 1 aliphatic carbocycles. The van der Waals surface area contributed by atoms with Crippen LogP contribution < -0.4 is 9.47 Å². The molecule has 4 aliphatic rings. The van der Waals surface area contributed by atoms with Crippen molar-refractivity contribution in [2.45, 2.75) is 37.1 Å². The molecule has 2 bridgehead atoms. The van der Waals surface area contributed by atoms with Gasteiger partial charge in [-0.1, -0.05) is 6.08 Å². The first-order chi connectivity index (χ1) is 10.7. The van der Waals surface area contributed by atoms with Crippen molar-refractivity contribution in [3.8, 4) is 11.5 Å². The van der Waals surface area contributed by atoms with Crippen LogP contribution in [0.5, 0.6) is 11.5 Å². The molecule has 1 aromatic rings. The Morgan fingerprint density at radius 3 is 2.91 bits per heavy atom. The lowest BCUT2D eigenvalue weighted by Gasteiger charge is -2.33. The maximum atomic E-state index is 10.3. The molecule has 116 valence electrons. The molecular formula is C17H19NO4. The summed E-state index contributed by atoms with van der Waals surface area (Å²) in [4.78, 5) is 2.50. The average molecular weight is 301 g/mol. The number of nitrogens with zero attached hydrogens (tertiary/aromatic N) is 1. The van der Waals surface area contributed by atoms with Crippen LogP contribution in [0.15, 0.2) is 23.8 Å². The van der Waals surface area contributed by atoms with Crippen LogP contribution in [-0.2, 0) is 11.3 Å². The van der Waals surface area contributed by atoms with Gasteiger partial charge in [-0.15, -0.1) is 0 Å². The van der Waals surface area contributed by atoms with E-state index in [-0.39, 0.29) is 6.10 Å². The lowest BCUT2D eigenvalue weighted by Crippen LogP contribution is -2.40. The highest BCUT2D eigenvalue weighted by molar-refractivity contribution is 5.54. The molecule has 0 radical (unpaired) electrons. The summed E-state index contributed by atoms with van der Waals surface area (Å²) < 4.78 is 16.5. The summed E-state index contributed by atoms with van der Waals surface area (Å²) in [6.45, 7) is 2.26. The summed E-state index contributed by atoms with van der Waals surface area (Å²) in [5.74, 6) is 2.06. The van der Waals surface area contributed by atoms with Crippen LogP contribution in [0, 0.1) is 0 Å². The second-order valence-corrected chi connectivity index (χ2v) is 6.57. The van der Waals surface area contributed by atoms with Crippen molar-refractivity contribution in [3.63, 3.8) is 0 Å². The third kappa shape index (κ3) is 1.64. The Morgan fingerprint density at radius 1 is 1.27 bits per heavy atom. The van der Waals surface area contributed by atoms with Gasteiger partial charge in [0.1, 0.15) is 0 Å². The van der Waals surface area contributed by atoms with E-state index in [0.717, 1.165) is 31.0 Å². The van der Waals surface area contributed by atoms with Gasteiger partial charge in [0.05, 0.1) is 12.2 Å². The topological polar surface area (TPSA) is 51.2 Å². The zero-order valence-electron chi connectivity index (χ0n) is 12.5. The van der Waals surface area contributed by atoms with E-state index < -0.39 is 6.10 Å². The molecule has 3 aliphatic heterocycles. The van der Waals surface area contributed by atoms with E-state index in [1.165, 1.54) is 16.7 Å². The second-order valence-electron chi connectivity index (χ2n) is 6.57. The zero-order valence-corrected chi connectivity index (χ0v) is 12.5. The smallest absolute Gasteiger partial charge is 0.231 e. The van der Waals surface area contributed by atoms with Gasteiger partial charge < -0.3 is 19.3 Å². The van der Waals surface area contributed by atoms with Gasteiger partial charge >= 0.3 is 0 Å². The van der Waals surface area contributed by atoms with Crippen LogP contribution in [0.25, 0.3) is 0 Å². The maximum Gasteiger partial charge on any atom is 0.231 e. The molecule has 1 N–H and O–H groups in total. The Balaban J connectivity index is 1.59. The number of hydrogen-bond acceptors (Lipinski definition) is 5. The van der Waals surface area contributed by atoms with Gasteiger partial charge in [0, 0.05) is 32.2 Å². The lowest BCUT2D eigenvalue weighted by molar-refractivity contribution is -0.0108. The number of rotatable bonds is 1. The molecule has 5 rings (SSSR count). The minimum absolute atomic E-state index is 0.104. The molecule has 0 spiro atoms. The molecule has 0 saturated carbocycles. The van der Waals surface area contributed by atoms with Crippen molar-refractivity contribution in [3.05, 3.63) is 34.9 Å². The van der Waals surface area contributed by atoms with Gasteiger partial charge in [-0.25, -0.2) is 0 Å². The molecule has 3 heterocycles. The predicted octanol–water partition coefficient (Wildman–Crippen LogP) is 1.40. The van der Waals surface area contributed by atoms with Crippen LogP contribution in [0.2, 0.25) is 0 Å². The fourth-order valence-electron chi connectivity index (χ4n) is 4.45. The Labute approximate surface area is 129 Å². The number of aliphatic hydroxyl groups is 1. The molecule has 5 heteroatoms. The fourth-order valence-corrected chi connectivity index (χ4v) is 4.45. The molecule has 0 aromatic heterocycles. The molecule has 0 amide bonds. The Morgan fingerprint density at radius 2 is 2.09 bits per heavy atom. The molecule has 5 atom stereocenters. The van der Waals surface area contributed by atoms with Gasteiger partial charge in [-0.2, -0.15) is 0 Å². The summed E-state index contributed by atoms with van der Waals surface area (Å²) in [6, 6.07) is 4.64. The van der Waals surface area contributed by atoms with E-state index in [1.54, 1.807) is 7.11 Å². The minimum atomic E-state index is -0.505. The lowest BCUT2D eigenvalue weighted by atomic mass is 9.82. The summed E-state index contributed by atoms with van der Waals surface area (Å²) in [6.07, 6.45) is 2.27.